The largest absolute Gasteiger partial charge is 0.423 e. The van der Waals surface area contributed by atoms with E-state index in [2.05, 4.69) is 20.8 Å². The smallest absolute Gasteiger partial charge is 0.319 e. The van der Waals surface area contributed by atoms with Crippen LogP contribution < -0.4 is 10.6 Å². The van der Waals surface area contributed by atoms with Crippen molar-refractivity contribution in [3.63, 3.8) is 0 Å². The normalized spacial score (nSPS) is 15.1. The fourth-order valence-electron chi connectivity index (χ4n) is 3.19. The molecule has 0 unspecified atom stereocenters. The van der Waals surface area contributed by atoms with Gasteiger partial charge in [-0.1, -0.05) is 18.2 Å². The van der Waals surface area contributed by atoms with E-state index < -0.39 is 5.54 Å². The predicted molar refractivity (Wildman–Crippen MR) is 93.8 cm³/mol. The summed E-state index contributed by atoms with van der Waals surface area (Å²) in [6.07, 6.45) is 3.93. The third-order valence-corrected chi connectivity index (χ3v) is 4.68. The second kappa shape index (κ2) is 6.59. The maximum atomic E-state index is 13.2. The van der Waals surface area contributed by atoms with Gasteiger partial charge in [0.1, 0.15) is 5.82 Å². The van der Waals surface area contributed by atoms with E-state index in [0.29, 0.717) is 11.6 Å². The van der Waals surface area contributed by atoms with E-state index >= 15 is 0 Å². The van der Waals surface area contributed by atoms with Crippen molar-refractivity contribution < 1.29 is 13.6 Å². The molecule has 3 aromatic rings. The highest BCUT2D eigenvalue weighted by atomic mass is 19.1. The van der Waals surface area contributed by atoms with Crippen LogP contribution >= 0.6 is 0 Å². The summed E-state index contributed by atoms with van der Waals surface area (Å²) < 4.78 is 18.4. The number of anilines is 1. The molecular formula is C19H17FN4O2. The monoisotopic (exact) mass is 352 g/mol. The number of benzene rings is 2. The number of hydrogen-bond donors (Lipinski definition) is 2. The lowest BCUT2D eigenvalue weighted by Gasteiger charge is -2.43. The molecule has 1 aromatic heterocycles. The Kier molecular flexibility index (Phi) is 4.12. The van der Waals surface area contributed by atoms with Crippen LogP contribution in [0.25, 0.3) is 11.5 Å². The molecule has 26 heavy (non-hydrogen) atoms. The number of hydrogen-bond acceptors (Lipinski definition) is 4. The Labute approximate surface area is 149 Å². The molecule has 2 aromatic carbocycles. The molecule has 0 spiro atoms. The van der Waals surface area contributed by atoms with E-state index in [1.165, 1.54) is 18.5 Å². The summed E-state index contributed by atoms with van der Waals surface area (Å²) >= 11 is 0. The zero-order valence-corrected chi connectivity index (χ0v) is 13.9. The van der Waals surface area contributed by atoms with E-state index in [1.807, 2.05) is 6.07 Å². The van der Waals surface area contributed by atoms with Gasteiger partial charge in [-0.25, -0.2) is 9.18 Å². The molecule has 2 N–H and O–H groups in total. The number of amides is 2. The summed E-state index contributed by atoms with van der Waals surface area (Å²) in [5.74, 6) is 0.0985. The number of carbonyl (C=O) groups is 1. The van der Waals surface area contributed by atoms with Crippen molar-refractivity contribution in [3.05, 3.63) is 66.3 Å². The molecule has 0 aliphatic heterocycles. The van der Waals surface area contributed by atoms with Crippen LogP contribution in [0.4, 0.5) is 14.9 Å². The summed E-state index contributed by atoms with van der Waals surface area (Å²) in [7, 11) is 0. The topological polar surface area (TPSA) is 80.1 Å². The van der Waals surface area contributed by atoms with Crippen molar-refractivity contribution in [3.8, 4) is 11.5 Å². The van der Waals surface area contributed by atoms with Crippen LogP contribution in [0.3, 0.4) is 0 Å². The highest BCUT2D eigenvalue weighted by Gasteiger charge is 2.40. The van der Waals surface area contributed by atoms with Crippen molar-refractivity contribution in [2.24, 2.45) is 0 Å². The van der Waals surface area contributed by atoms with Crippen LogP contribution in [-0.2, 0) is 5.54 Å². The molecule has 1 fully saturated rings. The van der Waals surface area contributed by atoms with Gasteiger partial charge in [0.15, 0.2) is 0 Å². The summed E-state index contributed by atoms with van der Waals surface area (Å²) in [6.45, 7) is 0. The summed E-state index contributed by atoms with van der Waals surface area (Å²) in [4.78, 5) is 12.5. The minimum atomic E-state index is -0.443. The first kappa shape index (κ1) is 16.3. The maximum absolute atomic E-state index is 13.2. The molecule has 1 aliphatic carbocycles. The molecule has 2 amide bonds. The third kappa shape index (κ3) is 3.15. The van der Waals surface area contributed by atoms with Crippen LogP contribution in [0, 0.1) is 5.82 Å². The number of urea groups is 1. The highest BCUT2D eigenvalue weighted by Crippen LogP contribution is 2.41. The molecule has 0 atom stereocenters. The van der Waals surface area contributed by atoms with Gasteiger partial charge in [-0.15, -0.1) is 10.2 Å². The summed E-state index contributed by atoms with van der Waals surface area (Å²) in [5, 5.41) is 13.4. The van der Waals surface area contributed by atoms with Crippen molar-refractivity contribution >= 4 is 11.7 Å². The van der Waals surface area contributed by atoms with Gasteiger partial charge in [0.2, 0.25) is 12.3 Å². The van der Waals surface area contributed by atoms with Crippen LogP contribution in [0.1, 0.15) is 24.8 Å². The minimum absolute atomic E-state index is 0.287. The number of nitrogens with zero attached hydrogens (tertiary/aromatic N) is 2. The van der Waals surface area contributed by atoms with Gasteiger partial charge in [-0.05, 0) is 55.2 Å². The predicted octanol–water partition coefficient (Wildman–Crippen LogP) is 4.08. The zero-order valence-electron chi connectivity index (χ0n) is 13.9. The van der Waals surface area contributed by atoms with E-state index in [4.69, 9.17) is 4.42 Å². The van der Waals surface area contributed by atoms with Crippen molar-refractivity contribution in [1.29, 1.82) is 0 Å². The second-order valence-electron chi connectivity index (χ2n) is 6.35. The lowest BCUT2D eigenvalue weighted by molar-refractivity contribution is 0.185. The van der Waals surface area contributed by atoms with Crippen molar-refractivity contribution in [2.45, 2.75) is 24.8 Å². The SMILES string of the molecule is O=C(Nc1cccc(-c2nnco2)c1)NC1(c2ccc(F)cc2)CCC1. The number of nitrogens with one attached hydrogen (secondary N) is 2. The third-order valence-electron chi connectivity index (χ3n) is 4.68. The average molecular weight is 352 g/mol. The molecule has 1 saturated carbocycles. The summed E-state index contributed by atoms with van der Waals surface area (Å²) in [5.41, 5.74) is 1.81. The Bertz CT molecular complexity index is 906. The van der Waals surface area contributed by atoms with Crippen molar-refractivity contribution in [2.75, 3.05) is 5.32 Å². The Morgan fingerprint density at radius 1 is 1.15 bits per heavy atom. The second-order valence-corrected chi connectivity index (χ2v) is 6.35. The Hall–Kier alpha value is -3.22. The standard InChI is InChI=1S/C19H17FN4O2/c20-15-7-5-14(6-8-15)19(9-2-10-19)23-18(25)22-16-4-1-3-13(11-16)17-24-21-12-26-17/h1,3-8,11-12H,2,9-10H2,(H2,22,23,25). The Balaban J connectivity index is 1.48. The quantitative estimate of drug-likeness (QED) is 0.741. The Morgan fingerprint density at radius 2 is 1.96 bits per heavy atom. The van der Waals surface area contributed by atoms with E-state index in [1.54, 1.807) is 30.3 Å². The molecule has 4 rings (SSSR count). The van der Waals surface area contributed by atoms with Crippen LogP contribution in [0.2, 0.25) is 0 Å². The van der Waals surface area contributed by atoms with E-state index in [9.17, 15) is 9.18 Å². The first-order chi connectivity index (χ1) is 12.6. The number of aromatic nitrogens is 2. The lowest BCUT2D eigenvalue weighted by Crippen LogP contribution is -2.52. The number of halogens is 1. The lowest BCUT2D eigenvalue weighted by atomic mass is 9.72. The molecule has 6 nitrogen and oxygen atoms in total. The van der Waals surface area contributed by atoms with Crippen LogP contribution in [0.5, 0.6) is 0 Å². The molecule has 0 bridgehead atoms. The Morgan fingerprint density at radius 3 is 2.62 bits per heavy atom. The van der Waals surface area contributed by atoms with Gasteiger partial charge in [-0.2, -0.15) is 0 Å². The molecule has 1 heterocycles. The van der Waals surface area contributed by atoms with E-state index in [0.717, 1.165) is 30.4 Å². The van der Waals surface area contributed by atoms with Crippen molar-refractivity contribution in [1.82, 2.24) is 15.5 Å². The van der Waals surface area contributed by atoms with Crippen LogP contribution in [0.15, 0.2) is 59.3 Å². The molecule has 132 valence electrons. The first-order valence-electron chi connectivity index (χ1n) is 8.36. The fourth-order valence-corrected chi connectivity index (χ4v) is 3.19. The van der Waals surface area contributed by atoms with Gasteiger partial charge in [0.05, 0.1) is 5.54 Å². The highest BCUT2D eigenvalue weighted by molar-refractivity contribution is 5.90. The molecule has 1 aliphatic rings. The number of rotatable bonds is 4. The maximum Gasteiger partial charge on any atom is 0.319 e. The van der Waals surface area contributed by atoms with Gasteiger partial charge in [0, 0.05) is 11.3 Å². The van der Waals surface area contributed by atoms with Crippen LogP contribution in [-0.4, -0.2) is 16.2 Å². The van der Waals surface area contributed by atoms with Gasteiger partial charge < -0.3 is 15.1 Å². The molecule has 7 heteroatoms. The molecule has 0 radical (unpaired) electrons. The van der Waals surface area contributed by atoms with Gasteiger partial charge in [0.25, 0.3) is 0 Å². The van der Waals surface area contributed by atoms with Gasteiger partial charge in [-0.3, -0.25) is 0 Å². The zero-order chi connectivity index (χ0) is 18.0. The molecular weight excluding hydrogens is 335 g/mol. The average Bonchev–Trinajstić information content (AvgIpc) is 3.14. The molecule has 0 saturated heterocycles. The van der Waals surface area contributed by atoms with E-state index in [-0.39, 0.29) is 11.8 Å². The van der Waals surface area contributed by atoms with Gasteiger partial charge >= 0.3 is 6.03 Å². The first-order valence-corrected chi connectivity index (χ1v) is 8.36. The number of carbonyl (C=O) groups excluding carboxylic acids is 1. The summed E-state index contributed by atoms with van der Waals surface area (Å²) in [6, 6.07) is 13.2. The fraction of sp³-hybridized carbons (Fsp3) is 0.211. The minimum Gasteiger partial charge on any atom is -0.423 e.